The van der Waals surface area contributed by atoms with Crippen molar-refractivity contribution in [2.45, 2.75) is 51.6 Å². The predicted octanol–water partition coefficient (Wildman–Crippen LogP) is 2.68. The number of nitrogens with zero attached hydrogens (tertiary/aromatic N) is 1. The highest BCUT2D eigenvalue weighted by molar-refractivity contribution is 7.89. The molecule has 1 amide bonds. The largest absolute Gasteiger partial charge is 0.330 e. The topological polar surface area (TPSA) is 83.1 Å². The second-order valence-corrected chi connectivity index (χ2v) is 9.22. The first-order chi connectivity index (χ1) is 13.7. The van der Waals surface area contributed by atoms with E-state index in [1.807, 2.05) is 76.3 Å². The molecule has 2 aromatic carbocycles. The number of carbonyl (C=O) groups is 1. The zero-order valence-electron chi connectivity index (χ0n) is 17.8. The third kappa shape index (κ3) is 5.88. The van der Waals surface area contributed by atoms with Crippen LogP contribution in [0.2, 0.25) is 0 Å². The minimum Gasteiger partial charge on any atom is -0.330 e. The van der Waals surface area contributed by atoms with E-state index in [4.69, 9.17) is 0 Å². The Morgan fingerprint density at radius 3 is 2.24 bits per heavy atom. The Labute approximate surface area is 174 Å². The number of amides is 1. The van der Waals surface area contributed by atoms with Crippen LogP contribution in [0.15, 0.2) is 53.4 Å². The van der Waals surface area contributed by atoms with Gasteiger partial charge in [-0.25, -0.2) is 8.42 Å². The molecule has 2 atom stereocenters. The van der Waals surface area contributed by atoms with Crippen molar-refractivity contribution < 1.29 is 18.5 Å². The predicted molar refractivity (Wildman–Crippen MR) is 116 cm³/mol. The second kappa shape index (κ2) is 10.0. The number of anilines is 1. The Morgan fingerprint density at radius 1 is 1.07 bits per heavy atom. The van der Waals surface area contributed by atoms with E-state index in [9.17, 15) is 13.2 Å². The lowest BCUT2D eigenvalue weighted by Crippen LogP contribution is -2.91. The molecular formula is C22H32N3O3S+. The number of quaternary nitrogens is 1. The van der Waals surface area contributed by atoms with Crippen LogP contribution in [-0.4, -0.2) is 37.8 Å². The summed E-state index contributed by atoms with van der Waals surface area (Å²) < 4.78 is 26.7. The van der Waals surface area contributed by atoms with Crippen LogP contribution in [0.3, 0.4) is 0 Å². The molecule has 0 saturated heterocycles. The highest BCUT2D eigenvalue weighted by atomic mass is 32.2. The number of benzene rings is 2. The molecule has 0 heterocycles. The molecule has 158 valence electrons. The number of nitrogens with one attached hydrogen (secondary N) is 1. The number of hydrogen-bond donors (Lipinski definition) is 2. The molecule has 0 spiro atoms. The SMILES string of the molecule is CCN(CC)S(=O)(=O)c1ccc([C@@H](C)[NH2+][C@@H](C)C(=O)Nc2cccc(C)c2)cc1. The zero-order valence-corrected chi connectivity index (χ0v) is 18.7. The van der Waals surface area contributed by atoms with Gasteiger partial charge in [0.2, 0.25) is 10.0 Å². The van der Waals surface area contributed by atoms with E-state index in [1.54, 1.807) is 12.1 Å². The lowest BCUT2D eigenvalue weighted by Gasteiger charge is -2.20. The Hall–Kier alpha value is -2.22. The van der Waals surface area contributed by atoms with Gasteiger partial charge >= 0.3 is 0 Å². The maximum absolute atomic E-state index is 12.6. The van der Waals surface area contributed by atoms with Crippen molar-refractivity contribution >= 4 is 21.6 Å². The average Bonchev–Trinajstić information content (AvgIpc) is 2.68. The highest BCUT2D eigenvalue weighted by Gasteiger charge is 2.23. The van der Waals surface area contributed by atoms with Gasteiger partial charge in [-0.05, 0) is 50.6 Å². The number of hydrogen-bond acceptors (Lipinski definition) is 3. The van der Waals surface area contributed by atoms with Crippen LogP contribution in [0, 0.1) is 6.92 Å². The van der Waals surface area contributed by atoms with E-state index >= 15 is 0 Å². The van der Waals surface area contributed by atoms with Crippen LogP contribution in [-0.2, 0) is 14.8 Å². The van der Waals surface area contributed by atoms with Gasteiger partial charge in [-0.1, -0.05) is 38.1 Å². The van der Waals surface area contributed by atoms with Crippen molar-refractivity contribution in [1.82, 2.24) is 4.31 Å². The number of sulfonamides is 1. The molecule has 0 aromatic heterocycles. The summed E-state index contributed by atoms with van der Waals surface area (Å²) in [6.07, 6.45) is 0. The fourth-order valence-corrected chi connectivity index (χ4v) is 4.72. The van der Waals surface area contributed by atoms with Crippen molar-refractivity contribution in [2.24, 2.45) is 0 Å². The standard InChI is InChI=1S/C22H31N3O3S/c1-6-25(7-2)29(27,28)21-13-11-19(12-14-21)17(4)23-18(5)22(26)24-20-10-8-9-16(3)15-20/h8-15,17-18,23H,6-7H2,1-5H3,(H,24,26)/p+1/t17-,18+/m1/s1. The fourth-order valence-electron chi connectivity index (χ4n) is 3.27. The minimum atomic E-state index is -3.46. The molecule has 2 rings (SSSR count). The quantitative estimate of drug-likeness (QED) is 0.657. The van der Waals surface area contributed by atoms with E-state index in [0.717, 1.165) is 16.8 Å². The van der Waals surface area contributed by atoms with E-state index in [1.165, 1.54) is 4.31 Å². The van der Waals surface area contributed by atoms with Crippen molar-refractivity contribution in [3.8, 4) is 0 Å². The molecule has 0 fully saturated rings. The van der Waals surface area contributed by atoms with Crippen molar-refractivity contribution in [2.75, 3.05) is 18.4 Å². The first kappa shape index (κ1) is 23.1. The molecule has 0 aliphatic carbocycles. The minimum absolute atomic E-state index is 0.0125. The van der Waals surface area contributed by atoms with E-state index in [0.29, 0.717) is 18.0 Å². The molecule has 2 aromatic rings. The molecule has 0 saturated carbocycles. The van der Waals surface area contributed by atoms with Gasteiger partial charge in [-0.2, -0.15) is 4.31 Å². The summed E-state index contributed by atoms with van der Waals surface area (Å²) in [7, 11) is -3.46. The first-order valence-electron chi connectivity index (χ1n) is 10.0. The van der Waals surface area contributed by atoms with Crippen LogP contribution in [0.1, 0.15) is 44.9 Å². The number of carbonyl (C=O) groups excluding carboxylic acids is 1. The first-order valence-corrected chi connectivity index (χ1v) is 11.5. The molecule has 0 aliphatic heterocycles. The Morgan fingerprint density at radius 2 is 1.69 bits per heavy atom. The van der Waals surface area contributed by atoms with Crippen LogP contribution in [0.5, 0.6) is 0 Å². The monoisotopic (exact) mass is 418 g/mol. The second-order valence-electron chi connectivity index (χ2n) is 7.29. The van der Waals surface area contributed by atoms with Gasteiger partial charge in [0.05, 0.1) is 4.90 Å². The van der Waals surface area contributed by atoms with E-state index in [2.05, 4.69) is 5.32 Å². The zero-order chi connectivity index (χ0) is 21.6. The molecule has 7 heteroatoms. The molecule has 6 nitrogen and oxygen atoms in total. The molecular weight excluding hydrogens is 386 g/mol. The number of nitrogens with two attached hydrogens (primary N) is 1. The van der Waals surface area contributed by atoms with Gasteiger partial charge in [0, 0.05) is 24.3 Å². The summed E-state index contributed by atoms with van der Waals surface area (Å²) >= 11 is 0. The summed E-state index contributed by atoms with van der Waals surface area (Å²) in [4.78, 5) is 12.8. The van der Waals surface area contributed by atoms with Gasteiger partial charge in [-0.3, -0.25) is 4.79 Å². The van der Waals surface area contributed by atoms with E-state index < -0.39 is 10.0 Å². The molecule has 29 heavy (non-hydrogen) atoms. The van der Waals surface area contributed by atoms with Gasteiger partial charge < -0.3 is 10.6 Å². The van der Waals surface area contributed by atoms with Crippen molar-refractivity contribution in [1.29, 1.82) is 0 Å². The van der Waals surface area contributed by atoms with Crippen LogP contribution in [0.25, 0.3) is 0 Å². The highest BCUT2D eigenvalue weighted by Crippen LogP contribution is 2.18. The van der Waals surface area contributed by atoms with Crippen LogP contribution < -0.4 is 10.6 Å². The maximum Gasteiger partial charge on any atom is 0.282 e. The van der Waals surface area contributed by atoms with Gasteiger partial charge in [0.15, 0.2) is 6.04 Å². The molecule has 0 radical (unpaired) electrons. The van der Waals surface area contributed by atoms with Crippen LogP contribution >= 0.6 is 0 Å². The average molecular weight is 419 g/mol. The third-order valence-corrected chi connectivity index (χ3v) is 7.09. The fraction of sp³-hybridized carbons (Fsp3) is 0.409. The smallest absolute Gasteiger partial charge is 0.282 e. The molecule has 0 bridgehead atoms. The summed E-state index contributed by atoms with van der Waals surface area (Å²) in [5, 5.41) is 4.91. The van der Waals surface area contributed by atoms with E-state index in [-0.39, 0.29) is 18.0 Å². The summed E-state index contributed by atoms with van der Waals surface area (Å²) in [6.45, 7) is 10.4. The Kier molecular flexibility index (Phi) is 7.96. The lowest BCUT2D eigenvalue weighted by molar-refractivity contribution is -0.709. The normalized spacial score (nSPS) is 13.9. The van der Waals surface area contributed by atoms with Gasteiger partial charge in [-0.15, -0.1) is 0 Å². The van der Waals surface area contributed by atoms with Gasteiger partial charge in [0.25, 0.3) is 5.91 Å². The van der Waals surface area contributed by atoms with Crippen molar-refractivity contribution in [3.63, 3.8) is 0 Å². The molecule has 0 unspecified atom stereocenters. The lowest BCUT2D eigenvalue weighted by atomic mass is 10.1. The molecule has 0 aliphatic rings. The third-order valence-electron chi connectivity index (χ3n) is 5.03. The molecule has 3 N–H and O–H groups in total. The number of aryl methyl sites for hydroxylation is 1. The summed E-state index contributed by atoms with van der Waals surface area (Å²) in [6, 6.07) is 14.4. The van der Waals surface area contributed by atoms with Gasteiger partial charge in [0.1, 0.15) is 6.04 Å². The van der Waals surface area contributed by atoms with Crippen molar-refractivity contribution in [3.05, 3.63) is 59.7 Å². The number of rotatable bonds is 9. The summed E-state index contributed by atoms with van der Waals surface area (Å²) in [5.41, 5.74) is 2.85. The maximum atomic E-state index is 12.6. The Balaban J connectivity index is 2.03. The van der Waals surface area contributed by atoms with Crippen LogP contribution in [0.4, 0.5) is 5.69 Å². The summed E-state index contributed by atoms with van der Waals surface area (Å²) in [5.74, 6) is -0.0665. The Bertz CT molecular complexity index is 923.